The Kier molecular flexibility index (Phi) is 12.9. The van der Waals surface area contributed by atoms with Crippen LogP contribution in [0, 0.1) is 0 Å². The van der Waals surface area contributed by atoms with Crippen molar-refractivity contribution in [1.82, 2.24) is 20.9 Å². The van der Waals surface area contributed by atoms with Gasteiger partial charge in [0.1, 0.15) is 18.1 Å². The zero-order valence-electron chi connectivity index (χ0n) is 21.7. The first-order valence-electron chi connectivity index (χ1n) is 12.2. The lowest BCUT2D eigenvalue weighted by atomic mass is 10.0. The number of aromatic amines is 1. The molecule has 0 fully saturated rings. The van der Waals surface area contributed by atoms with E-state index in [1.807, 2.05) is 36.8 Å². The van der Waals surface area contributed by atoms with E-state index in [0.717, 1.165) is 16.5 Å². The fraction of sp³-hybridized carbons (Fsp3) is 0.520. The van der Waals surface area contributed by atoms with E-state index in [-0.39, 0.29) is 19.3 Å². The standard InChI is InChI=1S/C25H37N5O6S2/c1-14(31)21(24(34)29-20(25(35)36)9-11-38-3)30-23(33)19(8-10-37-2)28-22(32)17(26)12-15-13-27-18-7-5-4-6-16(15)18/h4-7,13-14,17,19-21,27,31H,8-12,26H2,1-3H3,(H,28,32)(H,29,34)(H,30,33)(H,35,36). The number of hydrogen-bond donors (Lipinski definition) is 7. The minimum atomic E-state index is -1.41. The molecule has 11 nitrogen and oxygen atoms in total. The number of fused-ring (bicyclic) bond motifs is 1. The third kappa shape index (κ3) is 9.22. The number of nitrogens with two attached hydrogens (primary N) is 1. The van der Waals surface area contributed by atoms with E-state index >= 15 is 0 Å². The van der Waals surface area contributed by atoms with Gasteiger partial charge in [-0.05, 0) is 61.8 Å². The van der Waals surface area contributed by atoms with Gasteiger partial charge in [0.05, 0.1) is 12.1 Å². The summed E-state index contributed by atoms with van der Waals surface area (Å²) in [4.78, 5) is 53.5. The highest BCUT2D eigenvalue weighted by Crippen LogP contribution is 2.19. The number of amides is 3. The summed E-state index contributed by atoms with van der Waals surface area (Å²) in [5.74, 6) is -2.20. The second-order valence-corrected chi connectivity index (χ2v) is 10.9. The van der Waals surface area contributed by atoms with Crippen LogP contribution >= 0.6 is 23.5 Å². The molecule has 0 spiro atoms. The summed E-state index contributed by atoms with van der Waals surface area (Å²) < 4.78 is 0. The number of para-hydroxylation sites is 1. The van der Waals surface area contributed by atoms with Crippen molar-refractivity contribution in [1.29, 1.82) is 0 Å². The molecule has 0 saturated carbocycles. The number of aliphatic hydroxyl groups is 1. The normalized spacial score (nSPS) is 15.2. The average Bonchev–Trinajstić information content (AvgIpc) is 3.29. The molecule has 0 bridgehead atoms. The second kappa shape index (κ2) is 15.6. The molecule has 1 aromatic carbocycles. The van der Waals surface area contributed by atoms with Crippen LogP contribution in [-0.2, 0) is 25.6 Å². The van der Waals surface area contributed by atoms with Crippen molar-refractivity contribution in [2.75, 3.05) is 24.0 Å². The maximum atomic E-state index is 13.1. The number of hydrogen-bond acceptors (Lipinski definition) is 8. The molecule has 0 aliphatic rings. The number of carbonyl (C=O) groups is 4. The lowest BCUT2D eigenvalue weighted by molar-refractivity contribution is -0.143. The summed E-state index contributed by atoms with van der Waals surface area (Å²) >= 11 is 2.91. The van der Waals surface area contributed by atoms with Crippen LogP contribution in [0.3, 0.4) is 0 Å². The summed E-state index contributed by atoms with van der Waals surface area (Å²) in [5, 5.41) is 28.1. The van der Waals surface area contributed by atoms with E-state index < -0.39 is 54.0 Å². The lowest BCUT2D eigenvalue weighted by Gasteiger charge is -2.26. The summed E-state index contributed by atoms with van der Waals surface area (Å²) in [5.41, 5.74) is 7.97. The van der Waals surface area contributed by atoms with Crippen LogP contribution in [-0.4, -0.2) is 93.2 Å². The number of rotatable bonds is 16. The molecule has 210 valence electrons. The van der Waals surface area contributed by atoms with Gasteiger partial charge in [-0.15, -0.1) is 0 Å². The molecule has 38 heavy (non-hydrogen) atoms. The van der Waals surface area contributed by atoms with E-state index in [1.54, 1.807) is 6.20 Å². The highest BCUT2D eigenvalue weighted by Gasteiger charge is 2.32. The van der Waals surface area contributed by atoms with E-state index in [9.17, 15) is 29.4 Å². The predicted molar refractivity (Wildman–Crippen MR) is 151 cm³/mol. The number of H-pyrrole nitrogens is 1. The van der Waals surface area contributed by atoms with Gasteiger partial charge in [-0.1, -0.05) is 18.2 Å². The lowest BCUT2D eigenvalue weighted by Crippen LogP contribution is -2.60. The van der Waals surface area contributed by atoms with Crippen molar-refractivity contribution >= 4 is 58.1 Å². The predicted octanol–water partition coefficient (Wildman–Crippen LogP) is 0.464. The Morgan fingerprint density at radius 3 is 2.16 bits per heavy atom. The van der Waals surface area contributed by atoms with Crippen LogP contribution in [0.25, 0.3) is 10.9 Å². The van der Waals surface area contributed by atoms with Crippen LogP contribution in [0.2, 0.25) is 0 Å². The number of aliphatic carboxylic acids is 1. The van der Waals surface area contributed by atoms with E-state index in [4.69, 9.17) is 5.73 Å². The smallest absolute Gasteiger partial charge is 0.326 e. The number of thioether (sulfide) groups is 2. The van der Waals surface area contributed by atoms with Crippen LogP contribution in [0.1, 0.15) is 25.3 Å². The molecule has 0 radical (unpaired) electrons. The van der Waals surface area contributed by atoms with Crippen molar-refractivity contribution in [3.8, 4) is 0 Å². The fourth-order valence-corrected chi connectivity index (χ4v) is 4.77. The summed E-state index contributed by atoms with van der Waals surface area (Å²) in [7, 11) is 0. The molecule has 13 heteroatoms. The van der Waals surface area contributed by atoms with Gasteiger partial charge in [-0.2, -0.15) is 23.5 Å². The summed E-state index contributed by atoms with van der Waals surface area (Å²) in [6.07, 6.45) is 4.85. The summed E-state index contributed by atoms with van der Waals surface area (Å²) in [6, 6.07) is 3.13. The Bertz CT molecular complexity index is 1100. The Hall–Kier alpha value is -2.74. The van der Waals surface area contributed by atoms with E-state index in [2.05, 4.69) is 20.9 Å². The number of carboxylic acid groups (broad SMARTS) is 1. The van der Waals surface area contributed by atoms with Gasteiger partial charge in [0.25, 0.3) is 0 Å². The molecule has 8 N–H and O–H groups in total. The molecule has 5 atom stereocenters. The number of aromatic nitrogens is 1. The molecule has 0 aliphatic carbocycles. The van der Waals surface area contributed by atoms with Crippen molar-refractivity contribution in [2.24, 2.45) is 5.73 Å². The molecule has 2 rings (SSSR count). The zero-order chi connectivity index (χ0) is 28.2. The van der Waals surface area contributed by atoms with E-state index in [0.29, 0.717) is 11.5 Å². The van der Waals surface area contributed by atoms with Crippen molar-refractivity contribution < 1.29 is 29.4 Å². The molecule has 1 heterocycles. The largest absolute Gasteiger partial charge is 0.480 e. The van der Waals surface area contributed by atoms with Gasteiger partial charge in [0.2, 0.25) is 17.7 Å². The molecular weight excluding hydrogens is 530 g/mol. The van der Waals surface area contributed by atoms with Crippen molar-refractivity contribution in [2.45, 2.75) is 56.5 Å². The van der Waals surface area contributed by atoms with Crippen molar-refractivity contribution in [3.63, 3.8) is 0 Å². The number of nitrogens with one attached hydrogen (secondary N) is 4. The third-order valence-corrected chi connectivity index (χ3v) is 7.27. The minimum Gasteiger partial charge on any atom is -0.480 e. The Morgan fingerprint density at radius 2 is 1.55 bits per heavy atom. The van der Waals surface area contributed by atoms with Gasteiger partial charge < -0.3 is 36.9 Å². The molecule has 1 aromatic heterocycles. The topological polar surface area (TPSA) is 187 Å². The molecular formula is C25H37N5O6S2. The maximum absolute atomic E-state index is 13.1. The first kappa shape index (κ1) is 31.5. The van der Waals surface area contributed by atoms with E-state index in [1.165, 1.54) is 30.4 Å². The minimum absolute atomic E-state index is 0.184. The van der Waals surface area contributed by atoms with Gasteiger partial charge >= 0.3 is 5.97 Å². The average molecular weight is 568 g/mol. The Morgan fingerprint density at radius 1 is 0.947 bits per heavy atom. The summed E-state index contributed by atoms with van der Waals surface area (Å²) in [6.45, 7) is 1.31. The van der Waals surface area contributed by atoms with Gasteiger partial charge in [0, 0.05) is 17.1 Å². The first-order valence-corrected chi connectivity index (χ1v) is 15.0. The highest BCUT2D eigenvalue weighted by atomic mass is 32.2. The van der Waals surface area contributed by atoms with Gasteiger partial charge in [0.15, 0.2) is 0 Å². The maximum Gasteiger partial charge on any atom is 0.326 e. The van der Waals surface area contributed by atoms with Crippen LogP contribution in [0.5, 0.6) is 0 Å². The van der Waals surface area contributed by atoms with Crippen molar-refractivity contribution in [3.05, 3.63) is 36.0 Å². The van der Waals surface area contributed by atoms with Crippen LogP contribution < -0.4 is 21.7 Å². The van der Waals surface area contributed by atoms with Gasteiger partial charge in [-0.25, -0.2) is 4.79 Å². The van der Waals surface area contributed by atoms with Crippen LogP contribution in [0.15, 0.2) is 30.5 Å². The monoisotopic (exact) mass is 567 g/mol. The number of carbonyl (C=O) groups excluding carboxylic acids is 3. The molecule has 0 aliphatic heterocycles. The Labute approximate surface area is 230 Å². The molecule has 3 amide bonds. The zero-order valence-corrected chi connectivity index (χ0v) is 23.4. The third-order valence-electron chi connectivity index (χ3n) is 5.98. The molecule has 0 saturated heterocycles. The number of aliphatic hydroxyl groups excluding tert-OH is 1. The Balaban J connectivity index is 2.08. The molecule has 5 unspecified atom stereocenters. The van der Waals surface area contributed by atoms with Gasteiger partial charge in [-0.3, -0.25) is 14.4 Å². The molecule has 2 aromatic rings. The quantitative estimate of drug-likeness (QED) is 0.151. The second-order valence-electron chi connectivity index (χ2n) is 8.92. The fourth-order valence-electron chi connectivity index (χ4n) is 3.83. The number of benzene rings is 1. The number of carboxylic acids is 1. The highest BCUT2D eigenvalue weighted by molar-refractivity contribution is 7.98. The SMILES string of the molecule is CSCCC(NC(=O)C(NC(=O)C(CCSC)NC(=O)C(N)Cc1c[nH]c2ccccc12)C(C)O)C(=O)O. The first-order chi connectivity index (χ1) is 18.1. The van der Waals surface area contributed by atoms with Crippen LogP contribution in [0.4, 0.5) is 0 Å².